The van der Waals surface area contributed by atoms with Crippen molar-refractivity contribution in [3.05, 3.63) is 65.0 Å². The molecular formula is C30H37F4N3O5S. The number of aromatic hydroxyl groups is 1. The molecule has 0 spiro atoms. The van der Waals surface area contributed by atoms with Gasteiger partial charge in [-0.3, -0.25) is 9.59 Å². The minimum Gasteiger partial charge on any atom is -0.508 e. The Labute approximate surface area is 249 Å². The van der Waals surface area contributed by atoms with Crippen LogP contribution in [0.4, 0.5) is 17.6 Å². The summed E-state index contributed by atoms with van der Waals surface area (Å²) in [5.74, 6) is -5.12. The first-order valence-electron chi connectivity index (χ1n) is 14.2. The summed E-state index contributed by atoms with van der Waals surface area (Å²) in [6, 6.07) is 7.94. The minimum absolute atomic E-state index is 0.0192. The third kappa shape index (κ3) is 7.38. The van der Waals surface area contributed by atoms with Crippen molar-refractivity contribution in [2.75, 3.05) is 46.0 Å². The van der Waals surface area contributed by atoms with Crippen LogP contribution in [-0.4, -0.2) is 97.6 Å². The molecule has 0 unspecified atom stereocenters. The SMILES string of the molecule is Cc1c(F)cccc1[C@@H]1[C@@H](C(=O)c2cccc(O)c2)CN(CCN(C)S(C)(=O)=O)C[C@H]1C(=O)N1CCCC[C@H]1C(F)(F)F. The van der Waals surface area contributed by atoms with Gasteiger partial charge in [0.25, 0.3) is 0 Å². The van der Waals surface area contributed by atoms with Gasteiger partial charge in [0.15, 0.2) is 5.78 Å². The van der Waals surface area contributed by atoms with E-state index in [4.69, 9.17) is 0 Å². The standard InChI is InChI=1S/C30H37F4N3O5S/c1-19-22(10-7-11-25(19)31)27-23(28(39)20-8-6-9-21(38)16-20)17-36(15-14-35(2)43(3,41)42)18-24(27)29(40)37-13-5-4-12-26(37)30(32,33)34/h6-11,16,23-24,26-27,38H,4-5,12-15,17-18H2,1-3H3/t23-,24+,26-,27+/m0/s1. The molecule has 2 aromatic carbocycles. The molecule has 0 bridgehead atoms. The van der Waals surface area contributed by atoms with Crippen molar-refractivity contribution in [3.63, 3.8) is 0 Å². The summed E-state index contributed by atoms with van der Waals surface area (Å²) in [5.41, 5.74) is 0.678. The lowest BCUT2D eigenvalue weighted by Gasteiger charge is -2.47. The fourth-order valence-electron chi connectivity index (χ4n) is 6.29. The molecule has 0 radical (unpaired) electrons. The van der Waals surface area contributed by atoms with Crippen LogP contribution >= 0.6 is 0 Å². The van der Waals surface area contributed by atoms with E-state index in [1.807, 2.05) is 0 Å². The van der Waals surface area contributed by atoms with E-state index in [0.717, 1.165) is 15.5 Å². The first-order valence-corrected chi connectivity index (χ1v) is 16.0. The second kappa shape index (κ2) is 12.9. The number of likely N-dealkylation sites (tertiary alicyclic amines) is 2. The van der Waals surface area contributed by atoms with E-state index < -0.39 is 57.5 Å². The summed E-state index contributed by atoms with van der Waals surface area (Å²) in [7, 11) is -2.16. The van der Waals surface area contributed by atoms with E-state index in [1.54, 1.807) is 11.0 Å². The molecule has 4 atom stereocenters. The largest absolute Gasteiger partial charge is 0.508 e. The summed E-state index contributed by atoms with van der Waals surface area (Å²) in [6.45, 7) is 1.52. The average molecular weight is 628 g/mol. The number of piperidine rings is 2. The van der Waals surface area contributed by atoms with Crippen molar-refractivity contribution in [2.24, 2.45) is 11.8 Å². The van der Waals surface area contributed by atoms with Crippen LogP contribution in [0.15, 0.2) is 42.5 Å². The highest BCUT2D eigenvalue weighted by Crippen LogP contribution is 2.43. The predicted molar refractivity (Wildman–Crippen MR) is 153 cm³/mol. The fraction of sp³-hybridized carbons (Fsp3) is 0.533. The van der Waals surface area contributed by atoms with E-state index in [0.29, 0.717) is 18.4 Å². The maximum Gasteiger partial charge on any atom is 0.408 e. The van der Waals surface area contributed by atoms with Gasteiger partial charge in [0.1, 0.15) is 17.6 Å². The number of amides is 1. The van der Waals surface area contributed by atoms with Gasteiger partial charge in [-0.2, -0.15) is 13.2 Å². The van der Waals surface area contributed by atoms with Crippen LogP contribution in [0, 0.1) is 24.6 Å². The molecule has 2 fully saturated rings. The maximum atomic E-state index is 14.9. The molecule has 4 rings (SSSR count). The zero-order valence-electron chi connectivity index (χ0n) is 24.3. The molecule has 8 nitrogen and oxygen atoms in total. The normalized spacial score (nSPS) is 23.9. The number of rotatable bonds is 8. The van der Waals surface area contributed by atoms with E-state index >= 15 is 0 Å². The van der Waals surface area contributed by atoms with Crippen LogP contribution in [0.5, 0.6) is 5.75 Å². The van der Waals surface area contributed by atoms with Crippen LogP contribution in [0.1, 0.15) is 46.7 Å². The van der Waals surface area contributed by atoms with Crippen molar-refractivity contribution in [1.29, 1.82) is 0 Å². The van der Waals surface area contributed by atoms with E-state index in [2.05, 4.69) is 0 Å². The quantitative estimate of drug-likeness (QED) is 0.348. The molecule has 0 aliphatic carbocycles. The highest BCUT2D eigenvalue weighted by Gasteiger charge is 2.51. The Morgan fingerprint density at radius 3 is 2.40 bits per heavy atom. The van der Waals surface area contributed by atoms with E-state index in [9.17, 15) is 40.7 Å². The van der Waals surface area contributed by atoms with Crippen molar-refractivity contribution in [2.45, 2.75) is 44.3 Å². The molecule has 0 saturated carbocycles. The number of nitrogens with zero attached hydrogens (tertiary/aromatic N) is 3. The highest BCUT2D eigenvalue weighted by molar-refractivity contribution is 7.88. The van der Waals surface area contributed by atoms with Crippen LogP contribution in [0.2, 0.25) is 0 Å². The van der Waals surface area contributed by atoms with Crippen molar-refractivity contribution < 1.29 is 40.7 Å². The zero-order chi connectivity index (χ0) is 31.7. The van der Waals surface area contributed by atoms with Gasteiger partial charge < -0.3 is 14.9 Å². The molecule has 2 aromatic rings. The van der Waals surface area contributed by atoms with E-state index in [1.165, 1.54) is 50.4 Å². The number of phenolic OH excluding ortho intramolecular Hbond substituents is 1. The van der Waals surface area contributed by atoms with Gasteiger partial charge in [-0.05, 0) is 55.5 Å². The third-order valence-electron chi connectivity index (χ3n) is 8.69. The predicted octanol–water partition coefficient (Wildman–Crippen LogP) is 4.19. The summed E-state index contributed by atoms with van der Waals surface area (Å²) in [6.07, 6.45) is -3.14. The number of Topliss-reactive ketones (excluding diaryl/α,β-unsaturated/α-hetero) is 1. The van der Waals surface area contributed by atoms with Crippen LogP contribution in [0.3, 0.4) is 0 Å². The second-order valence-electron chi connectivity index (χ2n) is 11.5. The molecule has 0 aromatic heterocycles. The molecule has 2 saturated heterocycles. The van der Waals surface area contributed by atoms with Gasteiger partial charge in [0.05, 0.1) is 12.2 Å². The monoisotopic (exact) mass is 627 g/mol. The highest BCUT2D eigenvalue weighted by atomic mass is 32.2. The minimum atomic E-state index is -4.65. The lowest BCUT2D eigenvalue weighted by atomic mass is 9.69. The average Bonchev–Trinajstić information content (AvgIpc) is 2.95. The van der Waals surface area contributed by atoms with Crippen LogP contribution < -0.4 is 0 Å². The summed E-state index contributed by atoms with van der Waals surface area (Å²) >= 11 is 0. The smallest absolute Gasteiger partial charge is 0.408 e. The number of sulfonamides is 1. The Morgan fingerprint density at radius 2 is 1.74 bits per heavy atom. The van der Waals surface area contributed by atoms with E-state index in [-0.39, 0.29) is 56.0 Å². The number of halogens is 4. The van der Waals surface area contributed by atoms with Crippen LogP contribution in [-0.2, 0) is 14.8 Å². The van der Waals surface area contributed by atoms with Crippen LogP contribution in [0.25, 0.3) is 0 Å². The molecule has 2 aliphatic rings. The lowest BCUT2D eigenvalue weighted by Crippen LogP contribution is -2.58. The number of hydrogen-bond donors (Lipinski definition) is 1. The number of phenols is 1. The van der Waals surface area contributed by atoms with Crippen molar-refractivity contribution >= 4 is 21.7 Å². The molecule has 13 heteroatoms. The summed E-state index contributed by atoms with van der Waals surface area (Å²) < 4.78 is 82.5. The topological polar surface area (TPSA) is 98.2 Å². The molecule has 2 aliphatic heterocycles. The van der Waals surface area contributed by atoms with Gasteiger partial charge in [-0.1, -0.05) is 24.3 Å². The molecular weight excluding hydrogens is 590 g/mol. The molecule has 236 valence electrons. The molecule has 1 amide bonds. The molecule has 2 heterocycles. The van der Waals surface area contributed by atoms with Crippen molar-refractivity contribution in [1.82, 2.24) is 14.1 Å². The fourth-order valence-corrected chi connectivity index (χ4v) is 6.70. The number of ketones is 1. The van der Waals surface area contributed by atoms with Gasteiger partial charge >= 0.3 is 6.18 Å². The van der Waals surface area contributed by atoms with Gasteiger partial charge in [0, 0.05) is 57.2 Å². The van der Waals surface area contributed by atoms with Gasteiger partial charge in [-0.25, -0.2) is 17.1 Å². The number of carbonyl (C=O) groups is 2. The number of carbonyl (C=O) groups excluding carboxylic acids is 2. The third-order valence-corrected chi connectivity index (χ3v) is 10.0. The second-order valence-corrected chi connectivity index (χ2v) is 13.6. The first kappa shape index (κ1) is 32.9. The number of benzene rings is 2. The Bertz CT molecular complexity index is 1450. The lowest BCUT2D eigenvalue weighted by molar-refractivity contribution is -0.198. The Morgan fingerprint density at radius 1 is 1.07 bits per heavy atom. The Hall–Kier alpha value is -3.03. The number of hydrogen-bond acceptors (Lipinski definition) is 6. The number of likely N-dealkylation sites (N-methyl/N-ethyl adjacent to an activating group) is 1. The van der Waals surface area contributed by atoms with Gasteiger partial charge in [-0.15, -0.1) is 0 Å². The summed E-state index contributed by atoms with van der Waals surface area (Å²) in [5, 5.41) is 10.1. The zero-order valence-corrected chi connectivity index (χ0v) is 25.2. The molecule has 43 heavy (non-hydrogen) atoms. The Kier molecular flexibility index (Phi) is 9.87. The van der Waals surface area contributed by atoms with Gasteiger partial charge in [0.2, 0.25) is 15.9 Å². The first-order chi connectivity index (χ1) is 20.1. The summed E-state index contributed by atoms with van der Waals surface area (Å²) in [4.78, 5) is 30.9. The maximum absolute atomic E-state index is 14.9. The number of alkyl halides is 3. The molecule has 1 N–H and O–H groups in total. The van der Waals surface area contributed by atoms with Crippen molar-refractivity contribution in [3.8, 4) is 5.75 Å². The Balaban J connectivity index is 1.83.